The number of aromatic nitrogens is 1. The smallest absolute Gasteiger partial charge is 0.0406 e. The molecule has 0 radical (unpaired) electrons. The predicted octanol–water partition coefficient (Wildman–Crippen LogP) is 2.71. The molecule has 1 unspecified atom stereocenters. The lowest BCUT2D eigenvalue weighted by Gasteiger charge is -2.14. The van der Waals surface area contributed by atoms with Crippen molar-refractivity contribution < 1.29 is 0 Å². The topological polar surface area (TPSA) is 4.93 Å². The van der Waals surface area contributed by atoms with Gasteiger partial charge in [0.05, 0.1) is 0 Å². The van der Waals surface area contributed by atoms with E-state index < -0.39 is 0 Å². The van der Waals surface area contributed by atoms with Crippen molar-refractivity contribution in [2.24, 2.45) is 5.92 Å². The van der Waals surface area contributed by atoms with E-state index in [4.69, 9.17) is 0 Å². The highest BCUT2D eigenvalue weighted by atomic mass is 15.0. The maximum absolute atomic E-state index is 2.35. The van der Waals surface area contributed by atoms with Crippen molar-refractivity contribution in [3.05, 3.63) is 29.6 Å². The molecule has 0 bridgehead atoms. The summed E-state index contributed by atoms with van der Waals surface area (Å²) in [5, 5.41) is 0. The van der Waals surface area contributed by atoms with Gasteiger partial charge in [-0.1, -0.05) is 19.9 Å². The lowest BCUT2D eigenvalue weighted by atomic mass is 10.1. The molecule has 12 heavy (non-hydrogen) atoms. The van der Waals surface area contributed by atoms with E-state index in [2.05, 4.69) is 42.8 Å². The molecule has 0 saturated carbocycles. The Morgan fingerprint density at radius 2 is 2.42 bits per heavy atom. The molecule has 2 rings (SSSR count). The minimum Gasteiger partial charge on any atom is -0.347 e. The third-order valence-corrected chi connectivity index (χ3v) is 2.48. The summed E-state index contributed by atoms with van der Waals surface area (Å²) < 4.78 is 2.35. The molecule has 1 aromatic rings. The van der Waals surface area contributed by atoms with Gasteiger partial charge >= 0.3 is 0 Å². The first kappa shape index (κ1) is 7.66. The summed E-state index contributed by atoms with van der Waals surface area (Å²) in [5.74, 6) is 0.689. The molecular formula is C11H15N. The highest BCUT2D eigenvalue weighted by Gasteiger charge is 2.09. The first-order chi connectivity index (χ1) is 5.79. The van der Waals surface area contributed by atoms with Crippen molar-refractivity contribution in [2.45, 2.75) is 26.8 Å². The van der Waals surface area contributed by atoms with E-state index in [0.717, 1.165) is 13.0 Å². The second-order valence-corrected chi connectivity index (χ2v) is 3.62. The van der Waals surface area contributed by atoms with Gasteiger partial charge < -0.3 is 4.57 Å². The number of rotatable bonds is 1. The van der Waals surface area contributed by atoms with Gasteiger partial charge in [-0.3, -0.25) is 0 Å². The Balaban J connectivity index is 2.37. The van der Waals surface area contributed by atoms with Crippen LogP contribution in [0.2, 0.25) is 0 Å². The Hall–Kier alpha value is -0.980. The molecule has 1 atom stereocenters. The lowest BCUT2D eigenvalue weighted by Crippen LogP contribution is -2.09. The van der Waals surface area contributed by atoms with Crippen LogP contribution in [-0.4, -0.2) is 4.57 Å². The van der Waals surface area contributed by atoms with E-state index >= 15 is 0 Å². The third-order valence-electron chi connectivity index (χ3n) is 2.48. The first-order valence-electron chi connectivity index (χ1n) is 4.67. The fraction of sp³-hybridized carbons (Fsp3) is 0.455. The molecule has 0 spiro atoms. The predicted molar refractivity (Wildman–Crippen MR) is 52.0 cm³/mol. The van der Waals surface area contributed by atoms with E-state index in [1.807, 2.05) is 0 Å². The normalized spacial score (nSPS) is 21.0. The molecule has 1 heteroatoms. The van der Waals surface area contributed by atoms with Gasteiger partial charge in [-0.15, -0.1) is 0 Å². The van der Waals surface area contributed by atoms with Crippen LogP contribution in [0.1, 0.15) is 25.1 Å². The third kappa shape index (κ3) is 1.20. The van der Waals surface area contributed by atoms with E-state index in [1.54, 1.807) is 0 Å². The summed E-state index contributed by atoms with van der Waals surface area (Å²) in [7, 11) is 0. The standard InChI is InChI=1S/C11H15N/c1-3-10-6-11-5-4-9(2)7-12(11)8-10/h4-6,8-9H,3,7H2,1-2H3. The van der Waals surface area contributed by atoms with Gasteiger partial charge in [-0.05, 0) is 30.0 Å². The molecule has 1 aromatic heterocycles. The minimum atomic E-state index is 0.689. The van der Waals surface area contributed by atoms with Gasteiger partial charge in [-0.2, -0.15) is 0 Å². The number of allylic oxidation sites excluding steroid dienone is 1. The SMILES string of the molecule is CCc1cc2n(c1)CC(C)C=C2. The van der Waals surface area contributed by atoms with Gasteiger partial charge in [0.25, 0.3) is 0 Å². The second kappa shape index (κ2) is 2.81. The molecule has 1 aliphatic rings. The average Bonchev–Trinajstić information content (AvgIpc) is 2.46. The molecule has 0 aliphatic carbocycles. The van der Waals surface area contributed by atoms with E-state index in [1.165, 1.54) is 11.3 Å². The monoisotopic (exact) mass is 161 g/mol. The van der Waals surface area contributed by atoms with Gasteiger partial charge in [0, 0.05) is 18.4 Å². The highest BCUT2D eigenvalue weighted by molar-refractivity contribution is 5.49. The Kier molecular flexibility index (Phi) is 1.80. The van der Waals surface area contributed by atoms with E-state index in [9.17, 15) is 0 Å². The van der Waals surface area contributed by atoms with Gasteiger partial charge in [0.1, 0.15) is 0 Å². The highest BCUT2D eigenvalue weighted by Crippen LogP contribution is 2.19. The Morgan fingerprint density at radius 1 is 1.58 bits per heavy atom. The molecule has 2 heterocycles. The van der Waals surface area contributed by atoms with Crippen molar-refractivity contribution in [1.82, 2.24) is 4.57 Å². The maximum atomic E-state index is 2.35. The first-order valence-corrected chi connectivity index (χ1v) is 4.67. The summed E-state index contributed by atoms with van der Waals surface area (Å²) in [6, 6.07) is 2.28. The Bertz CT molecular complexity index is 307. The second-order valence-electron chi connectivity index (χ2n) is 3.62. The Morgan fingerprint density at radius 3 is 3.17 bits per heavy atom. The lowest BCUT2D eigenvalue weighted by molar-refractivity contribution is 0.559. The molecule has 0 fully saturated rings. The van der Waals surface area contributed by atoms with Crippen molar-refractivity contribution in [1.29, 1.82) is 0 Å². The molecule has 1 nitrogen and oxygen atoms in total. The van der Waals surface area contributed by atoms with E-state index in [-0.39, 0.29) is 0 Å². The zero-order chi connectivity index (χ0) is 8.55. The maximum Gasteiger partial charge on any atom is 0.0406 e. The molecule has 64 valence electrons. The summed E-state index contributed by atoms with van der Waals surface area (Å²) >= 11 is 0. The number of fused-ring (bicyclic) bond motifs is 1. The largest absolute Gasteiger partial charge is 0.347 e. The van der Waals surface area contributed by atoms with Crippen LogP contribution in [0, 0.1) is 5.92 Å². The van der Waals surface area contributed by atoms with Crippen molar-refractivity contribution in [3.8, 4) is 0 Å². The zero-order valence-corrected chi connectivity index (χ0v) is 7.75. The van der Waals surface area contributed by atoms with Crippen molar-refractivity contribution >= 4 is 6.08 Å². The molecule has 0 N–H and O–H groups in total. The number of hydrogen-bond donors (Lipinski definition) is 0. The fourth-order valence-electron chi connectivity index (χ4n) is 1.71. The summed E-state index contributed by atoms with van der Waals surface area (Å²) in [6.07, 6.45) is 7.93. The van der Waals surface area contributed by atoms with Crippen LogP contribution in [0.4, 0.5) is 0 Å². The van der Waals surface area contributed by atoms with Gasteiger partial charge in [-0.25, -0.2) is 0 Å². The average molecular weight is 161 g/mol. The molecular weight excluding hydrogens is 146 g/mol. The van der Waals surface area contributed by atoms with Crippen LogP contribution in [-0.2, 0) is 13.0 Å². The molecule has 0 saturated heterocycles. The summed E-state index contributed by atoms with van der Waals surface area (Å²) in [4.78, 5) is 0. The fourth-order valence-corrected chi connectivity index (χ4v) is 1.71. The van der Waals surface area contributed by atoms with Crippen LogP contribution < -0.4 is 0 Å². The van der Waals surface area contributed by atoms with Crippen LogP contribution in [0.5, 0.6) is 0 Å². The van der Waals surface area contributed by atoms with Crippen LogP contribution in [0.3, 0.4) is 0 Å². The minimum absolute atomic E-state index is 0.689. The van der Waals surface area contributed by atoms with Crippen LogP contribution >= 0.6 is 0 Å². The van der Waals surface area contributed by atoms with Crippen molar-refractivity contribution in [2.75, 3.05) is 0 Å². The van der Waals surface area contributed by atoms with Crippen LogP contribution in [0.25, 0.3) is 6.08 Å². The van der Waals surface area contributed by atoms with Crippen molar-refractivity contribution in [3.63, 3.8) is 0 Å². The molecule has 0 aromatic carbocycles. The molecule has 1 aliphatic heterocycles. The Labute approximate surface area is 73.7 Å². The number of hydrogen-bond acceptors (Lipinski definition) is 0. The van der Waals surface area contributed by atoms with Crippen LogP contribution in [0.15, 0.2) is 18.3 Å². The summed E-state index contributed by atoms with van der Waals surface area (Å²) in [5.41, 5.74) is 2.81. The van der Waals surface area contributed by atoms with Gasteiger partial charge in [0.15, 0.2) is 0 Å². The number of aryl methyl sites for hydroxylation is 1. The quantitative estimate of drug-likeness (QED) is 0.597. The van der Waals surface area contributed by atoms with Gasteiger partial charge in [0.2, 0.25) is 0 Å². The van der Waals surface area contributed by atoms with E-state index in [0.29, 0.717) is 5.92 Å². The zero-order valence-electron chi connectivity index (χ0n) is 7.75. The summed E-state index contributed by atoms with van der Waals surface area (Å²) in [6.45, 7) is 5.60. The molecule has 0 amide bonds. The number of nitrogens with zero attached hydrogens (tertiary/aromatic N) is 1.